The molecule has 0 aliphatic rings. The summed E-state index contributed by atoms with van der Waals surface area (Å²) in [6.45, 7) is 3.37. The molecule has 0 aliphatic heterocycles. The lowest BCUT2D eigenvalue weighted by Gasteiger charge is -2.15. The van der Waals surface area contributed by atoms with Gasteiger partial charge < -0.3 is 10.4 Å². The summed E-state index contributed by atoms with van der Waals surface area (Å²) < 4.78 is 0. The van der Waals surface area contributed by atoms with Crippen LogP contribution in [0.25, 0.3) is 0 Å². The molecule has 0 amide bonds. The summed E-state index contributed by atoms with van der Waals surface area (Å²) in [6, 6.07) is 4.46. The lowest BCUT2D eigenvalue weighted by molar-refractivity contribution is 0.232. The van der Waals surface area contributed by atoms with Gasteiger partial charge in [0.2, 0.25) is 0 Å². The number of rotatable bonds is 10. The van der Waals surface area contributed by atoms with Crippen LogP contribution in [0.5, 0.6) is 0 Å². The molecule has 1 rings (SSSR count). The molecule has 2 N–H and O–H groups in total. The minimum Gasteiger partial charge on any atom is -0.395 e. The van der Waals surface area contributed by atoms with Gasteiger partial charge in [0.25, 0.3) is 0 Å². The van der Waals surface area contributed by atoms with Gasteiger partial charge in [0.05, 0.1) is 6.61 Å². The summed E-state index contributed by atoms with van der Waals surface area (Å²) in [6.07, 6.45) is 7.57. The summed E-state index contributed by atoms with van der Waals surface area (Å²) >= 11 is 1.77. The van der Waals surface area contributed by atoms with Crippen LogP contribution >= 0.6 is 11.3 Å². The topological polar surface area (TPSA) is 32.3 Å². The molecule has 0 saturated heterocycles. The SMILES string of the molecule is CCCCCCCC(CO)NCc1cccs1. The molecule has 1 aromatic heterocycles. The maximum atomic E-state index is 9.30. The normalized spacial score (nSPS) is 12.8. The fourth-order valence-corrected chi connectivity index (χ4v) is 2.57. The predicted molar refractivity (Wildman–Crippen MR) is 75.4 cm³/mol. The van der Waals surface area contributed by atoms with E-state index in [4.69, 9.17) is 0 Å². The van der Waals surface area contributed by atoms with Gasteiger partial charge in [-0.15, -0.1) is 11.3 Å². The molecule has 0 aliphatic carbocycles. The van der Waals surface area contributed by atoms with E-state index in [2.05, 4.69) is 29.8 Å². The van der Waals surface area contributed by atoms with Crippen LogP contribution in [0.1, 0.15) is 50.3 Å². The molecule has 1 unspecified atom stereocenters. The zero-order valence-corrected chi connectivity index (χ0v) is 11.6. The number of thiophene rings is 1. The van der Waals surface area contributed by atoms with E-state index in [0.717, 1.165) is 13.0 Å². The Morgan fingerprint density at radius 2 is 2.12 bits per heavy atom. The highest BCUT2D eigenvalue weighted by molar-refractivity contribution is 7.09. The molecule has 0 fully saturated rings. The molecule has 1 aromatic rings. The lowest BCUT2D eigenvalue weighted by atomic mass is 10.1. The highest BCUT2D eigenvalue weighted by Crippen LogP contribution is 2.10. The van der Waals surface area contributed by atoms with Crippen molar-refractivity contribution in [3.05, 3.63) is 22.4 Å². The summed E-state index contributed by atoms with van der Waals surface area (Å²) in [5.41, 5.74) is 0. The van der Waals surface area contributed by atoms with Crippen LogP contribution < -0.4 is 5.32 Å². The largest absolute Gasteiger partial charge is 0.395 e. The van der Waals surface area contributed by atoms with Crippen LogP contribution in [0, 0.1) is 0 Å². The van der Waals surface area contributed by atoms with Crippen molar-refractivity contribution in [2.45, 2.75) is 58.0 Å². The van der Waals surface area contributed by atoms with Gasteiger partial charge >= 0.3 is 0 Å². The van der Waals surface area contributed by atoms with Crippen molar-refractivity contribution in [3.63, 3.8) is 0 Å². The summed E-state index contributed by atoms with van der Waals surface area (Å²) in [5.74, 6) is 0. The van der Waals surface area contributed by atoms with Crippen LogP contribution in [0.4, 0.5) is 0 Å². The van der Waals surface area contributed by atoms with Crippen molar-refractivity contribution in [2.24, 2.45) is 0 Å². The first-order valence-corrected chi connectivity index (χ1v) is 7.61. The minimum atomic E-state index is 0.249. The number of unbranched alkanes of at least 4 members (excludes halogenated alkanes) is 4. The Morgan fingerprint density at radius 3 is 2.76 bits per heavy atom. The predicted octanol–water partition coefficient (Wildman–Crippen LogP) is 3.56. The maximum absolute atomic E-state index is 9.30. The Bertz CT molecular complexity index is 261. The van der Waals surface area contributed by atoms with Crippen molar-refractivity contribution < 1.29 is 5.11 Å². The Morgan fingerprint density at radius 1 is 1.29 bits per heavy atom. The Balaban J connectivity index is 2.07. The van der Waals surface area contributed by atoms with E-state index in [0.29, 0.717) is 0 Å². The smallest absolute Gasteiger partial charge is 0.0584 e. The third-order valence-corrected chi connectivity index (χ3v) is 3.90. The lowest BCUT2D eigenvalue weighted by Crippen LogP contribution is -2.31. The molecule has 2 nitrogen and oxygen atoms in total. The molecule has 0 saturated carbocycles. The molecule has 17 heavy (non-hydrogen) atoms. The van der Waals surface area contributed by atoms with Gasteiger partial charge in [-0.2, -0.15) is 0 Å². The number of aliphatic hydroxyl groups excluding tert-OH is 1. The first kappa shape index (κ1) is 14.7. The zero-order chi connectivity index (χ0) is 12.3. The van der Waals surface area contributed by atoms with Crippen LogP contribution in [0.15, 0.2) is 17.5 Å². The second-order valence-electron chi connectivity index (χ2n) is 4.54. The average molecular weight is 255 g/mol. The molecule has 0 bridgehead atoms. The van der Waals surface area contributed by atoms with E-state index < -0.39 is 0 Å². The summed E-state index contributed by atoms with van der Waals surface area (Å²) in [4.78, 5) is 1.34. The van der Waals surface area contributed by atoms with E-state index >= 15 is 0 Å². The van der Waals surface area contributed by atoms with Gasteiger partial charge in [0.15, 0.2) is 0 Å². The van der Waals surface area contributed by atoms with Crippen molar-refractivity contribution in [1.82, 2.24) is 5.32 Å². The van der Waals surface area contributed by atoms with Crippen LogP contribution in [0.2, 0.25) is 0 Å². The number of hydrogen-bond acceptors (Lipinski definition) is 3. The molecule has 0 radical (unpaired) electrons. The Kier molecular flexibility index (Phi) is 8.32. The van der Waals surface area contributed by atoms with Crippen molar-refractivity contribution in [1.29, 1.82) is 0 Å². The number of hydrogen-bond donors (Lipinski definition) is 2. The third-order valence-electron chi connectivity index (χ3n) is 3.02. The molecular formula is C14H25NOS. The van der Waals surface area contributed by atoms with Crippen LogP contribution in [-0.2, 0) is 6.54 Å². The van der Waals surface area contributed by atoms with Gasteiger partial charge in [-0.1, -0.05) is 45.1 Å². The van der Waals surface area contributed by atoms with Gasteiger partial charge in [-0.25, -0.2) is 0 Å². The monoisotopic (exact) mass is 255 g/mol. The second-order valence-corrected chi connectivity index (χ2v) is 5.57. The van der Waals surface area contributed by atoms with Gasteiger partial charge in [-0.05, 0) is 17.9 Å². The van der Waals surface area contributed by atoms with Gasteiger partial charge in [0.1, 0.15) is 0 Å². The van der Waals surface area contributed by atoms with Crippen molar-refractivity contribution in [2.75, 3.05) is 6.61 Å². The highest BCUT2D eigenvalue weighted by Gasteiger charge is 2.06. The molecule has 1 heterocycles. The first-order valence-electron chi connectivity index (χ1n) is 6.73. The second kappa shape index (κ2) is 9.63. The van der Waals surface area contributed by atoms with Gasteiger partial charge in [-0.3, -0.25) is 0 Å². The zero-order valence-electron chi connectivity index (χ0n) is 10.8. The Labute approximate surface area is 109 Å². The minimum absolute atomic E-state index is 0.249. The fraction of sp³-hybridized carbons (Fsp3) is 0.714. The quantitative estimate of drug-likeness (QED) is 0.627. The molecule has 1 atom stereocenters. The average Bonchev–Trinajstić information content (AvgIpc) is 2.86. The number of aliphatic hydroxyl groups is 1. The molecule has 98 valence electrons. The van der Waals surface area contributed by atoms with E-state index in [1.165, 1.54) is 37.0 Å². The molecule has 0 aromatic carbocycles. The Hall–Kier alpha value is -0.380. The van der Waals surface area contributed by atoms with E-state index in [1.807, 2.05) is 0 Å². The number of nitrogens with one attached hydrogen (secondary N) is 1. The fourth-order valence-electron chi connectivity index (χ4n) is 1.91. The summed E-state index contributed by atoms with van der Waals surface area (Å²) in [5, 5.41) is 14.8. The summed E-state index contributed by atoms with van der Waals surface area (Å²) in [7, 11) is 0. The molecule has 3 heteroatoms. The van der Waals surface area contributed by atoms with Gasteiger partial charge in [0, 0.05) is 17.5 Å². The molecule has 0 spiro atoms. The van der Waals surface area contributed by atoms with Crippen molar-refractivity contribution in [3.8, 4) is 0 Å². The molecular weight excluding hydrogens is 230 g/mol. The van der Waals surface area contributed by atoms with Crippen LogP contribution in [0.3, 0.4) is 0 Å². The van der Waals surface area contributed by atoms with E-state index in [-0.39, 0.29) is 12.6 Å². The highest BCUT2D eigenvalue weighted by atomic mass is 32.1. The van der Waals surface area contributed by atoms with E-state index in [1.54, 1.807) is 11.3 Å². The van der Waals surface area contributed by atoms with Crippen LogP contribution in [-0.4, -0.2) is 17.8 Å². The van der Waals surface area contributed by atoms with Crippen molar-refractivity contribution >= 4 is 11.3 Å². The maximum Gasteiger partial charge on any atom is 0.0584 e. The first-order chi connectivity index (χ1) is 8.36. The van der Waals surface area contributed by atoms with E-state index in [9.17, 15) is 5.11 Å². The standard InChI is InChI=1S/C14H25NOS/c1-2-3-4-5-6-8-13(12-16)15-11-14-9-7-10-17-14/h7,9-10,13,15-16H,2-6,8,11-12H2,1H3. The third kappa shape index (κ3) is 6.81.